The first-order valence-corrected chi connectivity index (χ1v) is 11.6. The van der Waals surface area contributed by atoms with Crippen LogP contribution in [0.4, 0.5) is 13.2 Å². The zero-order chi connectivity index (χ0) is 22.1. The summed E-state index contributed by atoms with van der Waals surface area (Å²) in [7, 11) is -3.43. The van der Waals surface area contributed by atoms with E-state index in [1.54, 1.807) is 6.07 Å². The predicted octanol–water partition coefficient (Wildman–Crippen LogP) is 2.60. The summed E-state index contributed by atoms with van der Waals surface area (Å²) in [5.41, 5.74) is -0.0534. The minimum atomic E-state index is -4.36. The summed E-state index contributed by atoms with van der Waals surface area (Å²) in [6, 6.07) is 4.86. The SMILES string of the molecule is CC(C)C(NS(C)(=O)=O)c1nnc2n1CCN(Cc1cccc(C(F)(F)F)c1)CC2. The van der Waals surface area contributed by atoms with Crippen molar-refractivity contribution in [3.8, 4) is 0 Å². The lowest BCUT2D eigenvalue weighted by Gasteiger charge is -2.23. The number of sulfonamides is 1. The second kappa shape index (κ2) is 8.64. The van der Waals surface area contributed by atoms with Crippen molar-refractivity contribution >= 4 is 10.0 Å². The molecule has 0 bridgehead atoms. The van der Waals surface area contributed by atoms with Gasteiger partial charge in [0, 0.05) is 32.6 Å². The molecule has 166 valence electrons. The van der Waals surface area contributed by atoms with Crippen molar-refractivity contribution in [2.75, 3.05) is 19.3 Å². The van der Waals surface area contributed by atoms with Crippen LogP contribution in [0.1, 0.15) is 42.7 Å². The van der Waals surface area contributed by atoms with E-state index < -0.39 is 27.8 Å². The molecule has 2 aromatic rings. The van der Waals surface area contributed by atoms with Gasteiger partial charge in [-0.05, 0) is 17.5 Å². The highest BCUT2D eigenvalue weighted by Crippen LogP contribution is 2.30. The molecule has 1 N–H and O–H groups in total. The smallest absolute Gasteiger partial charge is 0.312 e. The van der Waals surface area contributed by atoms with E-state index in [9.17, 15) is 21.6 Å². The highest BCUT2D eigenvalue weighted by Gasteiger charge is 2.31. The topological polar surface area (TPSA) is 80.1 Å². The standard InChI is InChI=1S/C19H26F3N5O2S/c1-13(2)17(25-30(3,28)29)18-24-23-16-7-8-26(9-10-27(16)18)12-14-5-4-6-15(11-14)19(20,21)22/h4-6,11,13,17,25H,7-10,12H2,1-3H3. The summed E-state index contributed by atoms with van der Waals surface area (Å²) in [5.74, 6) is 1.28. The Kier molecular flexibility index (Phi) is 6.54. The Morgan fingerprint density at radius 1 is 1.17 bits per heavy atom. The van der Waals surface area contributed by atoms with Crippen LogP contribution in [-0.4, -0.2) is 47.4 Å². The van der Waals surface area contributed by atoms with E-state index in [0.29, 0.717) is 44.0 Å². The number of nitrogens with one attached hydrogen (secondary N) is 1. The van der Waals surface area contributed by atoms with Gasteiger partial charge in [0.1, 0.15) is 5.82 Å². The lowest BCUT2D eigenvalue weighted by Crippen LogP contribution is -2.33. The molecule has 1 atom stereocenters. The summed E-state index contributed by atoms with van der Waals surface area (Å²) in [5, 5.41) is 8.48. The molecule has 0 radical (unpaired) electrons. The lowest BCUT2D eigenvalue weighted by atomic mass is 10.1. The molecule has 3 rings (SSSR count). The third-order valence-electron chi connectivity index (χ3n) is 5.09. The van der Waals surface area contributed by atoms with E-state index >= 15 is 0 Å². The van der Waals surface area contributed by atoms with Gasteiger partial charge in [-0.25, -0.2) is 13.1 Å². The number of fused-ring (bicyclic) bond motifs is 1. The molecule has 1 aromatic heterocycles. The van der Waals surface area contributed by atoms with Gasteiger partial charge < -0.3 is 4.57 Å². The highest BCUT2D eigenvalue weighted by molar-refractivity contribution is 7.88. The molecule has 7 nitrogen and oxygen atoms in total. The number of rotatable bonds is 6. The van der Waals surface area contributed by atoms with Crippen LogP contribution in [0.5, 0.6) is 0 Å². The maximum absolute atomic E-state index is 13.0. The summed E-state index contributed by atoms with van der Waals surface area (Å²) < 4.78 is 67.0. The van der Waals surface area contributed by atoms with Gasteiger partial charge in [0.2, 0.25) is 10.0 Å². The van der Waals surface area contributed by atoms with Crippen molar-refractivity contribution in [1.29, 1.82) is 0 Å². The van der Waals surface area contributed by atoms with Crippen molar-refractivity contribution in [3.05, 3.63) is 47.0 Å². The number of benzene rings is 1. The Hall–Kier alpha value is -1.98. The van der Waals surface area contributed by atoms with Crippen LogP contribution in [0, 0.1) is 5.92 Å². The third kappa shape index (κ3) is 5.58. The lowest BCUT2D eigenvalue weighted by molar-refractivity contribution is -0.137. The fourth-order valence-electron chi connectivity index (χ4n) is 3.60. The number of hydrogen-bond acceptors (Lipinski definition) is 5. The van der Waals surface area contributed by atoms with Gasteiger partial charge in [0.15, 0.2) is 5.82 Å². The minimum Gasteiger partial charge on any atom is -0.312 e. The van der Waals surface area contributed by atoms with Crippen molar-refractivity contribution < 1.29 is 21.6 Å². The zero-order valence-electron chi connectivity index (χ0n) is 17.1. The number of nitrogens with zero attached hydrogens (tertiary/aromatic N) is 4. The van der Waals surface area contributed by atoms with Crippen molar-refractivity contribution in [3.63, 3.8) is 0 Å². The van der Waals surface area contributed by atoms with Crippen LogP contribution in [0.3, 0.4) is 0 Å². The van der Waals surface area contributed by atoms with Gasteiger partial charge in [-0.2, -0.15) is 13.2 Å². The van der Waals surface area contributed by atoms with E-state index in [1.807, 2.05) is 18.4 Å². The highest BCUT2D eigenvalue weighted by atomic mass is 32.2. The molecule has 1 unspecified atom stereocenters. The van der Waals surface area contributed by atoms with Crippen LogP contribution in [0.2, 0.25) is 0 Å². The Balaban J connectivity index is 1.75. The fraction of sp³-hybridized carbons (Fsp3) is 0.579. The molecule has 0 fully saturated rings. The second-order valence-electron chi connectivity index (χ2n) is 7.96. The maximum Gasteiger partial charge on any atom is 0.416 e. The first kappa shape index (κ1) is 22.7. The molecule has 0 amide bonds. The molecular weight excluding hydrogens is 419 g/mol. The molecule has 1 aromatic carbocycles. The van der Waals surface area contributed by atoms with Gasteiger partial charge >= 0.3 is 6.18 Å². The zero-order valence-corrected chi connectivity index (χ0v) is 18.0. The van der Waals surface area contributed by atoms with Crippen molar-refractivity contribution in [1.82, 2.24) is 24.4 Å². The van der Waals surface area contributed by atoms with Gasteiger partial charge in [-0.1, -0.05) is 32.0 Å². The normalized spacial score (nSPS) is 17.0. The van der Waals surface area contributed by atoms with Gasteiger partial charge in [-0.15, -0.1) is 10.2 Å². The number of hydrogen-bond donors (Lipinski definition) is 1. The predicted molar refractivity (Wildman–Crippen MR) is 106 cm³/mol. The van der Waals surface area contributed by atoms with Crippen LogP contribution in [-0.2, 0) is 35.7 Å². The average Bonchev–Trinajstić information content (AvgIpc) is 2.92. The Morgan fingerprint density at radius 3 is 2.53 bits per heavy atom. The van der Waals surface area contributed by atoms with Crippen molar-refractivity contribution in [2.24, 2.45) is 5.92 Å². The number of halogens is 3. The quantitative estimate of drug-likeness (QED) is 0.740. The van der Waals surface area contributed by atoms with Gasteiger partial charge in [0.25, 0.3) is 0 Å². The van der Waals surface area contributed by atoms with E-state index in [4.69, 9.17) is 0 Å². The molecule has 1 aliphatic heterocycles. The van der Waals surface area contributed by atoms with E-state index in [2.05, 4.69) is 19.8 Å². The number of aromatic nitrogens is 3. The molecule has 0 saturated carbocycles. The first-order valence-electron chi connectivity index (χ1n) is 9.72. The molecule has 0 saturated heterocycles. The van der Waals surface area contributed by atoms with Crippen LogP contribution < -0.4 is 4.72 Å². The van der Waals surface area contributed by atoms with Crippen LogP contribution >= 0.6 is 0 Å². The average molecular weight is 446 g/mol. The third-order valence-corrected chi connectivity index (χ3v) is 5.78. The molecule has 11 heteroatoms. The molecular formula is C19H26F3N5O2S. The van der Waals surface area contributed by atoms with Crippen LogP contribution in [0.25, 0.3) is 0 Å². The number of alkyl halides is 3. The Morgan fingerprint density at radius 2 is 1.90 bits per heavy atom. The Labute approximate surface area is 174 Å². The molecule has 2 heterocycles. The molecule has 0 aliphatic carbocycles. The first-order chi connectivity index (χ1) is 13.9. The minimum absolute atomic E-state index is 0.0301. The summed E-state index contributed by atoms with van der Waals surface area (Å²) in [4.78, 5) is 2.07. The molecule has 1 aliphatic rings. The van der Waals surface area contributed by atoms with Crippen molar-refractivity contribution in [2.45, 2.75) is 45.6 Å². The second-order valence-corrected chi connectivity index (χ2v) is 9.74. The monoisotopic (exact) mass is 445 g/mol. The molecule has 30 heavy (non-hydrogen) atoms. The summed E-state index contributed by atoms with van der Waals surface area (Å²) >= 11 is 0. The van der Waals surface area contributed by atoms with E-state index in [1.165, 1.54) is 12.1 Å². The van der Waals surface area contributed by atoms with E-state index in [0.717, 1.165) is 18.1 Å². The van der Waals surface area contributed by atoms with Gasteiger partial charge in [0.05, 0.1) is 17.9 Å². The summed E-state index contributed by atoms with van der Waals surface area (Å²) in [6.07, 6.45) is -2.68. The van der Waals surface area contributed by atoms with Gasteiger partial charge in [-0.3, -0.25) is 4.90 Å². The Bertz CT molecular complexity index is 988. The largest absolute Gasteiger partial charge is 0.416 e. The summed E-state index contributed by atoms with van der Waals surface area (Å²) in [6.45, 7) is 5.96. The van der Waals surface area contributed by atoms with E-state index in [-0.39, 0.29) is 5.92 Å². The molecule has 0 spiro atoms. The van der Waals surface area contributed by atoms with Crippen LogP contribution in [0.15, 0.2) is 24.3 Å². The maximum atomic E-state index is 13.0. The fourth-order valence-corrected chi connectivity index (χ4v) is 4.44.